The molecule has 8 heteroatoms. The van der Waals surface area contributed by atoms with Crippen molar-refractivity contribution in [3.63, 3.8) is 0 Å². The molecule has 2 fully saturated rings. The van der Waals surface area contributed by atoms with Gasteiger partial charge in [-0.15, -0.1) is 11.3 Å². The molecule has 33 heavy (non-hydrogen) atoms. The van der Waals surface area contributed by atoms with Gasteiger partial charge in [0, 0.05) is 48.7 Å². The number of nitrogens with zero attached hydrogens (tertiary/aromatic N) is 5. The molecule has 6 rings (SSSR count). The van der Waals surface area contributed by atoms with Crippen molar-refractivity contribution in [2.45, 2.75) is 25.7 Å². The van der Waals surface area contributed by atoms with E-state index in [1.807, 2.05) is 22.4 Å². The minimum atomic E-state index is -0.491. The highest BCUT2D eigenvalue weighted by Gasteiger charge is 2.33. The molecule has 3 aromatic rings. The fraction of sp³-hybridized carbons (Fsp3) is 0.400. The average Bonchev–Trinajstić information content (AvgIpc) is 3.36. The summed E-state index contributed by atoms with van der Waals surface area (Å²) < 4.78 is 16.0. The Morgan fingerprint density at radius 2 is 2.00 bits per heavy atom. The van der Waals surface area contributed by atoms with Gasteiger partial charge in [-0.2, -0.15) is 10.4 Å². The number of hydrogen-bond donors (Lipinski definition) is 0. The van der Waals surface area contributed by atoms with E-state index in [-0.39, 0.29) is 11.5 Å². The maximum absolute atomic E-state index is 14.3. The van der Waals surface area contributed by atoms with E-state index in [4.69, 9.17) is 5.10 Å². The molecule has 1 saturated carbocycles. The summed E-state index contributed by atoms with van der Waals surface area (Å²) >= 11 is 1.69. The van der Waals surface area contributed by atoms with Crippen molar-refractivity contribution >= 4 is 17.2 Å². The van der Waals surface area contributed by atoms with Crippen LogP contribution in [-0.4, -0.2) is 58.2 Å². The van der Waals surface area contributed by atoms with Crippen molar-refractivity contribution in [2.75, 3.05) is 32.7 Å². The fourth-order valence-electron chi connectivity index (χ4n) is 5.02. The molecule has 0 atom stereocenters. The van der Waals surface area contributed by atoms with Gasteiger partial charge in [-0.1, -0.05) is 0 Å². The molecule has 3 heterocycles. The van der Waals surface area contributed by atoms with Crippen LogP contribution in [0.1, 0.15) is 39.3 Å². The lowest BCUT2D eigenvalue weighted by Gasteiger charge is -2.34. The number of carbonyl (C=O) groups is 1. The first-order valence-electron chi connectivity index (χ1n) is 11.5. The van der Waals surface area contributed by atoms with E-state index in [1.54, 1.807) is 22.1 Å². The highest BCUT2D eigenvalue weighted by atomic mass is 32.1. The maximum Gasteiger partial charge on any atom is 0.274 e. The molecule has 2 aliphatic carbocycles. The first kappa shape index (κ1) is 20.6. The summed E-state index contributed by atoms with van der Waals surface area (Å²) in [5, 5.41) is 16.1. The number of carbonyl (C=O) groups excluding carboxylic acids is 1. The average molecular weight is 462 g/mol. The number of hydrogen-bond acceptors (Lipinski definition) is 5. The number of rotatable bonds is 4. The van der Waals surface area contributed by atoms with Gasteiger partial charge >= 0.3 is 0 Å². The van der Waals surface area contributed by atoms with Crippen LogP contribution in [0.3, 0.4) is 0 Å². The first-order valence-corrected chi connectivity index (χ1v) is 12.4. The topological polar surface area (TPSA) is 65.2 Å². The molecule has 1 aromatic carbocycles. The van der Waals surface area contributed by atoms with Crippen LogP contribution in [0.2, 0.25) is 0 Å². The summed E-state index contributed by atoms with van der Waals surface area (Å²) in [6, 6.07) is 8.28. The highest BCUT2D eigenvalue weighted by molar-refractivity contribution is 7.10. The number of nitriles is 1. The third-order valence-electron chi connectivity index (χ3n) is 6.92. The van der Waals surface area contributed by atoms with E-state index >= 15 is 0 Å². The molecule has 1 aliphatic heterocycles. The number of piperazine rings is 1. The van der Waals surface area contributed by atoms with Gasteiger partial charge in [-0.05, 0) is 61.2 Å². The molecule has 3 aliphatic rings. The van der Waals surface area contributed by atoms with E-state index in [1.165, 1.54) is 29.9 Å². The second-order valence-electron chi connectivity index (χ2n) is 9.19. The number of fused-ring (bicyclic) bond motifs is 3. The van der Waals surface area contributed by atoms with E-state index in [0.29, 0.717) is 24.5 Å². The molecular formula is C25H24FN5OS. The second kappa shape index (κ2) is 8.08. The van der Waals surface area contributed by atoms with Crippen molar-refractivity contribution in [2.24, 2.45) is 5.92 Å². The lowest BCUT2D eigenvalue weighted by Crippen LogP contribution is -2.49. The third kappa shape index (κ3) is 3.75. The number of halogens is 1. The number of amides is 1. The zero-order valence-corrected chi connectivity index (χ0v) is 19.1. The summed E-state index contributed by atoms with van der Waals surface area (Å²) in [6.45, 7) is 4.35. The smallest absolute Gasteiger partial charge is 0.274 e. The SMILES string of the molecule is N#Cc1cc(F)cc(-n2nc(C(=O)N3CCN(CC4CC4)CC3)c3c2-c2ccsc2CC3)c1. The predicted molar refractivity (Wildman–Crippen MR) is 124 cm³/mol. The van der Waals surface area contributed by atoms with Crippen molar-refractivity contribution in [1.82, 2.24) is 19.6 Å². The molecule has 0 N–H and O–H groups in total. The summed E-state index contributed by atoms with van der Waals surface area (Å²) in [4.78, 5) is 19.2. The van der Waals surface area contributed by atoms with Crippen LogP contribution in [-0.2, 0) is 12.8 Å². The number of aromatic nitrogens is 2. The van der Waals surface area contributed by atoms with Crippen molar-refractivity contribution in [3.05, 3.63) is 57.2 Å². The van der Waals surface area contributed by atoms with Crippen LogP contribution in [0.25, 0.3) is 16.9 Å². The van der Waals surface area contributed by atoms with Crippen molar-refractivity contribution in [3.8, 4) is 23.0 Å². The molecule has 1 amide bonds. The van der Waals surface area contributed by atoms with Crippen molar-refractivity contribution in [1.29, 1.82) is 5.26 Å². The van der Waals surface area contributed by atoms with Gasteiger partial charge in [0.05, 0.1) is 23.0 Å². The Hall–Kier alpha value is -3.02. The Morgan fingerprint density at radius 1 is 1.18 bits per heavy atom. The summed E-state index contributed by atoms with van der Waals surface area (Å²) in [5.74, 6) is 0.306. The number of aryl methyl sites for hydroxylation is 1. The molecule has 6 nitrogen and oxygen atoms in total. The first-order chi connectivity index (χ1) is 16.1. The van der Waals surface area contributed by atoms with Crippen LogP contribution in [0.4, 0.5) is 4.39 Å². The normalized spacial score (nSPS) is 18.0. The van der Waals surface area contributed by atoms with E-state index in [9.17, 15) is 14.4 Å². The van der Waals surface area contributed by atoms with Gasteiger partial charge in [-0.25, -0.2) is 9.07 Å². The van der Waals surface area contributed by atoms with Gasteiger partial charge in [0.15, 0.2) is 5.69 Å². The monoisotopic (exact) mass is 461 g/mol. The summed E-state index contributed by atoms with van der Waals surface area (Å²) in [7, 11) is 0. The van der Waals surface area contributed by atoms with Gasteiger partial charge in [0.2, 0.25) is 0 Å². The summed E-state index contributed by atoms with van der Waals surface area (Å²) in [6.07, 6.45) is 4.27. The Balaban J connectivity index is 1.38. The fourth-order valence-corrected chi connectivity index (χ4v) is 5.90. The molecule has 0 radical (unpaired) electrons. The predicted octanol–water partition coefficient (Wildman–Crippen LogP) is 3.88. The molecule has 168 valence electrons. The Bertz CT molecular complexity index is 1280. The minimum Gasteiger partial charge on any atom is -0.335 e. The maximum atomic E-state index is 14.3. The largest absolute Gasteiger partial charge is 0.335 e. The summed E-state index contributed by atoms with van der Waals surface area (Å²) in [5.41, 5.74) is 3.98. The molecule has 1 saturated heterocycles. The molecule has 0 spiro atoms. The van der Waals surface area contributed by atoms with Crippen LogP contribution >= 0.6 is 11.3 Å². The van der Waals surface area contributed by atoms with Gasteiger partial charge in [0.1, 0.15) is 5.82 Å². The van der Waals surface area contributed by atoms with E-state index in [2.05, 4.69) is 4.90 Å². The molecule has 2 aromatic heterocycles. The van der Waals surface area contributed by atoms with Gasteiger partial charge in [-0.3, -0.25) is 9.69 Å². The van der Waals surface area contributed by atoms with E-state index < -0.39 is 5.82 Å². The molecular weight excluding hydrogens is 437 g/mol. The number of benzene rings is 1. The van der Waals surface area contributed by atoms with Crippen LogP contribution in [0.5, 0.6) is 0 Å². The zero-order chi connectivity index (χ0) is 22.5. The molecule has 0 bridgehead atoms. The van der Waals surface area contributed by atoms with Crippen molar-refractivity contribution < 1.29 is 9.18 Å². The number of thiophene rings is 1. The quantitative estimate of drug-likeness (QED) is 0.592. The minimum absolute atomic E-state index is 0.0494. The molecule has 0 unspecified atom stereocenters. The van der Waals surface area contributed by atoms with Crippen LogP contribution in [0.15, 0.2) is 29.6 Å². The van der Waals surface area contributed by atoms with Gasteiger partial charge < -0.3 is 4.90 Å². The Morgan fingerprint density at radius 3 is 2.76 bits per heavy atom. The van der Waals surface area contributed by atoms with Gasteiger partial charge in [0.25, 0.3) is 5.91 Å². The highest BCUT2D eigenvalue weighted by Crippen LogP contribution is 2.40. The lowest BCUT2D eigenvalue weighted by molar-refractivity contribution is 0.0624. The van der Waals surface area contributed by atoms with Crippen LogP contribution < -0.4 is 0 Å². The lowest BCUT2D eigenvalue weighted by atomic mass is 9.94. The van der Waals surface area contributed by atoms with Crippen LogP contribution in [0, 0.1) is 23.1 Å². The zero-order valence-electron chi connectivity index (χ0n) is 18.3. The Labute approximate surface area is 195 Å². The van der Waals surface area contributed by atoms with E-state index in [0.717, 1.165) is 55.2 Å². The third-order valence-corrected chi connectivity index (χ3v) is 7.90. The second-order valence-corrected chi connectivity index (χ2v) is 10.2. The standard InChI is InChI=1S/C25H24FN5OS/c26-18-11-17(14-27)12-19(13-18)31-24-20-5-10-33-22(20)4-3-21(24)23(28-31)25(32)30-8-6-29(7-9-30)15-16-1-2-16/h5,10-13,16H,1-4,6-9,15H2. The Kier molecular flexibility index (Phi) is 5.04.